The number of carbonyl (C=O) groups excluding carboxylic acids is 1. The molecule has 0 saturated heterocycles. The van der Waals surface area contributed by atoms with E-state index in [1.165, 1.54) is 6.26 Å². The molecule has 1 rings (SSSR count). The van der Waals surface area contributed by atoms with Crippen LogP contribution in [0.25, 0.3) is 0 Å². The Balaban J connectivity index is 2.34. The van der Waals surface area contributed by atoms with Crippen molar-refractivity contribution < 1.29 is 9.32 Å². The molecule has 0 radical (unpaired) electrons. The summed E-state index contributed by atoms with van der Waals surface area (Å²) in [5.74, 6) is 0.288. The molecule has 3 N–H and O–H groups in total. The maximum absolute atomic E-state index is 11.2. The van der Waals surface area contributed by atoms with E-state index in [4.69, 9.17) is 5.73 Å². The summed E-state index contributed by atoms with van der Waals surface area (Å²) in [6.07, 6.45) is 2.49. The molecular formula is C8H13N3O2. The number of nitrogens with one attached hydrogen (secondary N) is 1. The van der Waals surface area contributed by atoms with Gasteiger partial charge in [0.15, 0.2) is 5.82 Å². The summed E-state index contributed by atoms with van der Waals surface area (Å²) in [4.78, 5) is 11.2. The van der Waals surface area contributed by atoms with Gasteiger partial charge in [-0.05, 0) is 6.42 Å². The molecule has 1 atom stereocenters. The Morgan fingerprint density at radius 1 is 1.85 bits per heavy atom. The average Bonchev–Trinajstić information content (AvgIpc) is 2.56. The van der Waals surface area contributed by atoms with Crippen LogP contribution in [0.5, 0.6) is 0 Å². The average molecular weight is 183 g/mol. The summed E-state index contributed by atoms with van der Waals surface area (Å²) in [6, 6.07) is 1.49. The van der Waals surface area contributed by atoms with Crippen molar-refractivity contribution in [2.75, 3.05) is 5.32 Å². The first-order valence-corrected chi connectivity index (χ1v) is 4.18. The first-order chi connectivity index (χ1) is 6.22. The van der Waals surface area contributed by atoms with Crippen LogP contribution in [-0.2, 0) is 4.79 Å². The van der Waals surface area contributed by atoms with E-state index in [0.29, 0.717) is 12.2 Å². The van der Waals surface area contributed by atoms with Crippen LogP contribution in [-0.4, -0.2) is 17.1 Å². The van der Waals surface area contributed by atoms with Crippen LogP contribution >= 0.6 is 0 Å². The smallest absolute Gasteiger partial charge is 0.227 e. The Kier molecular flexibility index (Phi) is 3.45. The SMILES string of the molecule is CCC(N)CC(=O)Nc1ccon1. The Morgan fingerprint density at radius 2 is 2.62 bits per heavy atom. The fourth-order valence-corrected chi connectivity index (χ4v) is 0.853. The molecule has 0 aliphatic heterocycles. The summed E-state index contributed by atoms with van der Waals surface area (Å²) in [7, 11) is 0. The van der Waals surface area contributed by atoms with Gasteiger partial charge in [0.25, 0.3) is 0 Å². The van der Waals surface area contributed by atoms with Gasteiger partial charge in [0.05, 0.1) is 0 Å². The highest BCUT2D eigenvalue weighted by Crippen LogP contribution is 2.03. The molecule has 1 unspecified atom stereocenters. The second-order valence-electron chi connectivity index (χ2n) is 2.81. The van der Waals surface area contributed by atoms with E-state index in [1.54, 1.807) is 6.07 Å². The summed E-state index contributed by atoms with van der Waals surface area (Å²) in [6.45, 7) is 1.94. The quantitative estimate of drug-likeness (QED) is 0.721. The molecule has 0 aromatic carbocycles. The van der Waals surface area contributed by atoms with Gasteiger partial charge in [-0.25, -0.2) is 0 Å². The van der Waals surface area contributed by atoms with E-state index in [9.17, 15) is 4.79 Å². The second kappa shape index (κ2) is 4.61. The number of nitrogens with zero attached hydrogens (tertiary/aromatic N) is 1. The number of hydrogen-bond acceptors (Lipinski definition) is 4. The third-order valence-electron chi connectivity index (χ3n) is 1.68. The van der Waals surface area contributed by atoms with E-state index in [1.807, 2.05) is 6.92 Å². The van der Waals surface area contributed by atoms with Crippen LogP contribution in [0.2, 0.25) is 0 Å². The van der Waals surface area contributed by atoms with Gasteiger partial charge in [0, 0.05) is 18.5 Å². The largest absolute Gasteiger partial charge is 0.363 e. The van der Waals surface area contributed by atoms with Crippen LogP contribution in [0.1, 0.15) is 19.8 Å². The van der Waals surface area contributed by atoms with Gasteiger partial charge in [0.2, 0.25) is 5.91 Å². The first kappa shape index (κ1) is 9.73. The van der Waals surface area contributed by atoms with E-state index in [-0.39, 0.29) is 11.9 Å². The number of nitrogens with two attached hydrogens (primary N) is 1. The van der Waals surface area contributed by atoms with Crippen molar-refractivity contribution in [1.29, 1.82) is 0 Å². The number of carbonyl (C=O) groups is 1. The van der Waals surface area contributed by atoms with Crippen molar-refractivity contribution in [2.45, 2.75) is 25.8 Å². The monoisotopic (exact) mass is 183 g/mol. The zero-order chi connectivity index (χ0) is 9.68. The van der Waals surface area contributed by atoms with E-state index in [0.717, 1.165) is 6.42 Å². The minimum Gasteiger partial charge on any atom is -0.363 e. The van der Waals surface area contributed by atoms with Gasteiger partial charge in [0.1, 0.15) is 6.26 Å². The van der Waals surface area contributed by atoms with Crippen molar-refractivity contribution >= 4 is 11.7 Å². The lowest BCUT2D eigenvalue weighted by molar-refractivity contribution is -0.116. The molecule has 1 amide bonds. The lowest BCUT2D eigenvalue weighted by atomic mass is 10.1. The summed E-state index contributed by atoms with van der Waals surface area (Å²) < 4.78 is 4.55. The molecule has 5 heteroatoms. The zero-order valence-corrected chi connectivity index (χ0v) is 7.49. The Hall–Kier alpha value is -1.36. The maximum atomic E-state index is 11.2. The van der Waals surface area contributed by atoms with Crippen molar-refractivity contribution in [3.8, 4) is 0 Å². The van der Waals surface area contributed by atoms with E-state index < -0.39 is 0 Å². The minimum absolute atomic E-state index is 0.0908. The van der Waals surface area contributed by atoms with Gasteiger partial charge in [-0.3, -0.25) is 4.79 Å². The second-order valence-corrected chi connectivity index (χ2v) is 2.81. The number of aromatic nitrogens is 1. The minimum atomic E-state index is -0.136. The Labute approximate surface area is 76.3 Å². The molecule has 72 valence electrons. The highest BCUT2D eigenvalue weighted by Gasteiger charge is 2.08. The van der Waals surface area contributed by atoms with Gasteiger partial charge in [-0.15, -0.1) is 0 Å². The number of anilines is 1. The topological polar surface area (TPSA) is 81.2 Å². The third-order valence-corrected chi connectivity index (χ3v) is 1.68. The molecule has 0 spiro atoms. The normalized spacial score (nSPS) is 12.5. The van der Waals surface area contributed by atoms with Crippen LogP contribution < -0.4 is 11.1 Å². The molecule has 1 heterocycles. The predicted molar refractivity (Wildman–Crippen MR) is 48.0 cm³/mol. The zero-order valence-electron chi connectivity index (χ0n) is 7.49. The van der Waals surface area contributed by atoms with Gasteiger partial charge < -0.3 is 15.6 Å². The standard InChI is InChI=1S/C8H13N3O2/c1-2-6(9)5-8(12)10-7-3-4-13-11-7/h3-4,6H,2,5,9H2,1H3,(H,10,11,12). The molecule has 0 fully saturated rings. The summed E-state index contributed by atoms with van der Waals surface area (Å²) >= 11 is 0. The van der Waals surface area contributed by atoms with Crippen molar-refractivity contribution in [3.63, 3.8) is 0 Å². The van der Waals surface area contributed by atoms with Gasteiger partial charge in [-0.1, -0.05) is 12.1 Å². The van der Waals surface area contributed by atoms with Crippen LogP contribution in [0.3, 0.4) is 0 Å². The Bertz CT molecular complexity index is 258. The first-order valence-electron chi connectivity index (χ1n) is 4.18. The van der Waals surface area contributed by atoms with E-state index in [2.05, 4.69) is 15.0 Å². The fraction of sp³-hybridized carbons (Fsp3) is 0.500. The Morgan fingerprint density at radius 3 is 3.15 bits per heavy atom. The molecular weight excluding hydrogens is 170 g/mol. The third kappa shape index (κ3) is 3.25. The van der Waals surface area contributed by atoms with Gasteiger partial charge >= 0.3 is 0 Å². The number of hydrogen-bond donors (Lipinski definition) is 2. The lowest BCUT2D eigenvalue weighted by Gasteiger charge is -2.06. The van der Waals surface area contributed by atoms with Gasteiger partial charge in [-0.2, -0.15) is 0 Å². The highest BCUT2D eigenvalue weighted by molar-refractivity contribution is 5.89. The van der Waals surface area contributed by atoms with Crippen molar-refractivity contribution in [3.05, 3.63) is 12.3 Å². The molecule has 5 nitrogen and oxygen atoms in total. The highest BCUT2D eigenvalue weighted by atomic mass is 16.5. The lowest BCUT2D eigenvalue weighted by Crippen LogP contribution is -2.26. The number of amides is 1. The summed E-state index contributed by atoms with van der Waals surface area (Å²) in [5.41, 5.74) is 5.60. The van der Waals surface area contributed by atoms with Crippen LogP contribution in [0.15, 0.2) is 16.9 Å². The molecule has 13 heavy (non-hydrogen) atoms. The maximum Gasteiger partial charge on any atom is 0.227 e. The predicted octanol–water partition coefficient (Wildman–Crippen LogP) is 0.740. The molecule has 0 saturated carbocycles. The van der Waals surface area contributed by atoms with Crippen molar-refractivity contribution in [1.82, 2.24) is 5.16 Å². The van der Waals surface area contributed by atoms with Crippen molar-refractivity contribution in [2.24, 2.45) is 5.73 Å². The molecule has 0 bridgehead atoms. The molecule has 1 aromatic heterocycles. The molecule has 0 aliphatic rings. The molecule has 1 aromatic rings. The fourth-order valence-electron chi connectivity index (χ4n) is 0.853. The van der Waals surface area contributed by atoms with Crippen LogP contribution in [0, 0.1) is 0 Å². The number of rotatable bonds is 4. The molecule has 0 aliphatic carbocycles. The summed E-state index contributed by atoms with van der Waals surface area (Å²) in [5, 5.41) is 6.10. The van der Waals surface area contributed by atoms with E-state index >= 15 is 0 Å². The van der Waals surface area contributed by atoms with Crippen LogP contribution in [0.4, 0.5) is 5.82 Å².